The Kier molecular flexibility index (Phi) is 6.55. The number of para-hydroxylation sites is 1. The summed E-state index contributed by atoms with van der Waals surface area (Å²) < 4.78 is 5.53. The number of benzene rings is 2. The van der Waals surface area contributed by atoms with Crippen LogP contribution in [-0.4, -0.2) is 11.9 Å². The fourth-order valence-electron chi connectivity index (χ4n) is 2.30. The lowest BCUT2D eigenvalue weighted by Gasteiger charge is -2.08. The Labute approximate surface area is 138 Å². The van der Waals surface area contributed by atoms with Crippen LogP contribution in [0.5, 0.6) is 0 Å². The number of nitrogens with zero attached hydrogens (tertiary/aromatic N) is 1. The summed E-state index contributed by atoms with van der Waals surface area (Å²) in [6, 6.07) is 17.2. The zero-order chi connectivity index (χ0) is 16.5. The number of esters is 1. The molecule has 0 heterocycles. The molecule has 0 aliphatic heterocycles. The van der Waals surface area contributed by atoms with Gasteiger partial charge in [0.2, 0.25) is 0 Å². The van der Waals surface area contributed by atoms with E-state index in [0.717, 1.165) is 30.5 Å². The number of carbonyl (C=O) groups excluding carboxylic acids is 1. The highest BCUT2D eigenvalue weighted by molar-refractivity contribution is 5.99. The molecule has 0 spiro atoms. The van der Waals surface area contributed by atoms with Gasteiger partial charge in [-0.25, -0.2) is 9.79 Å². The number of carbonyl (C=O) groups is 1. The molecule has 0 aliphatic rings. The van der Waals surface area contributed by atoms with E-state index >= 15 is 0 Å². The van der Waals surface area contributed by atoms with Gasteiger partial charge in [0.15, 0.2) is 5.90 Å². The molecule has 0 aromatic heterocycles. The maximum absolute atomic E-state index is 12.4. The maximum atomic E-state index is 12.4. The Hall–Kier alpha value is -2.42. The summed E-state index contributed by atoms with van der Waals surface area (Å²) in [5.74, 6) is 0.121. The molecule has 0 amide bonds. The van der Waals surface area contributed by atoms with E-state index in [0.29, 0.717) is 17.9 Å². The molecular formula is C20H23NO2. The summed E-state index contributed by atoms with van der Waals surface area (Å²) in [6.07, 6.45) is 3.51. The summed E-state index contributed by atoms with van der Waals surface area (Å²) in [6.45, 7) is 4.16. The minimum atomic E-state index is -0.342. The first-order valence-corrected chi connectivity index (χ1v) is 8.16. The average Bonchev–Trinajstić information content (AvgIpc) is 2.56. The fourth-order valence-corrected chi connectivity index (χ4v) is 2.30. The molecule has 0 atom stereocenters. The first-order valence-electron chi connectivity index (χ1n) is 8.16. The van der Waals surface area contributed by atoms with Crippen molar-refractivity contribution in [2.24, 2.45) is 4.99 Å². The van der Waals surface area contributed by atoms with Crippen LogP contribution in [0.3, 0.4) is 0 Å². The van der Waals surface area contributed by atoms with Gasteiger partial charge < -0.3 is 4.74 Å². The van der Waals surface area contributed by atoms with E-state index in [1.807, 2.05) is 55.5 Å². The van der Waals surface area contributed by atoms with Crippen LogP contribution in [-0.2, 0) is 11.2 Å². The highest BCUT2D eigenvalue weighted by atomic mass is 16.5. The molecule has 0 fully saturated rings. The van der Waals surface area contributed by atoms with Crippen LogP contribution in [0.15, 0.2) is 59.6 Å². The van der Waals surface area contributed by atoms with E-state index in [1.54, 1.807) is 6.07 Å². The second-order valence-electron chi connectivity index (χ2n) is 5.43. The average molecular weight is 309 g/mol. The van der Waals surface area contributed by atoms with E-state index in [4.69, 9.17) is 4.74 Å². The number of ether oxygens (including phenoxy) is 1. The second-order valence-corrected chi connectivity index (χ2v) is 5.43. The minimum Gasteiger partial charge on any atom is -0.408 e. The van der Waals surface area contributed by atoms with Crippen LogP contribution >= 0.6 is 0 Å². The molecule has 0 saturated heterocycles. The molecule has 0 saturated carbocycles. The van der Waals surface area contributed by atoms with Crippen LogP contribution < -0.4 is 0 Å². The third-order valence-corrected chi connectivity index (χ3v) is 3.39. The largest absolute Gasteiger partial charge is 0.408 e. The Morgan fingerprint density at radius 2 is 1.78 bits per heavy atom. The molecule has 2 rings (SSSR count). The molecule has 120 valence electrons. The quantitative estimate of drug-likeness (QED) is 0.411. The van der Waals surface area contributed by atoms with Crippen molar-refractivity contribution in [2.45, 2.75) is 39.5 Å². The van der Waals surface area contributed by atoms with Crippen LogP contribution in [0.4, 0.5) is 5.69 Å². The van der Waals surface area contributed by atoms with Crippen LogP contribution in [0.2, 0.25) is 0 Å². The summed E-state index contributed by atoms with van der Waals surface area (Å²) in [7, 11) is 0. The van der Waals surface area contributed by atoms with E-state index in [1.165, 1.54) is 0 Å². The van der Waals surface area contributed by atoms with Gasteiger partial charge in [0.25, 0.3) is 0 Å². The predicted molar refractivity (Wildman–Crippen MR) is 94.3 cm³/mol. The standard InChI is InChI=1S/C20H23NO2/c1-3-9-16-11-8-12-17(15-16)20(22)23-19(10-4-2)21-18-13-6-5-7-14-18/h5-8,11-15H,3-4,9-10H2,1-2H3. The van der Waals surface area contributed by atoms with Gasteiger partial charge in [-0.1, -0.05) is 50.6 Å². The number of aliphatic imine (C=N–C) groups is 1. The highest BCUT2D eigenvalue weighted by Crippen LogP contribution is 2.14. The fraction of sp³-hybridized carbons (Fsp3) is 0.300. The van der Waals surface area contributed by atoms with Crippen molar-refractivity contribution < 1.29 is 9.53 Å². The van der Waals surface area contributed by atoms with Gasteiger partial charge in [-0.05, 0) is 42.7 Å². The first kappa shape index (κ1) is 16.9. The number of hydrogen-bond donors (Lipinski definition) is 0. The van der Waals surface area contributed by atoms with Crippen molar-refractivity contribution in [2.75, 3.05) is 0 Å². The Bertz CT molecular complexity index is 662. The summed E-state index contributed by atoms with van der Waals surface area (Å²) in [4.78, 5) is 16.8. The minimum absolute atomic E-state index is 0.342. The van der Waals surface area contributed by atoms with Gasteiger partial charge in [0, 0.05) is 6.42 Å². The van der Waals surface area contributed by atoms with Crippen molar-refractivity contribution in [1.29, 1.82) is 0 Å². The van der Waals surface area contributed by atoms with Crippen LogP contribution in [0.1, 0.15) is 49.0 Å². The molecule has 3 heteroatoms. The van der Waals surface area contributed by atoms with Gasteiger partial charge in [-0.3, -0.25) is 0 Å². The van der Waals surface area contributed by atoms with E-state index in [-0.39, 0.29) is 5.97 Å². The lowest BCUT2D eigenvalue weighted by molar-refractivity contribution is 0.0711. The van der Waals surface area contributed by atoms with Crippen molar-refractivity contribution in [3.63, 3.8) is 0 Å². The Balaban J connectivity index is 2.15. The first-order chi connectivity index (χ1) is 11.2. The number of aryl methyl sites for hydroxylation is 1. The summed E-state index contributed by atoms with van der Waals surface area (Å²) >= 11 is 0. The van der Waals surface area contributed by atoms with Crippen molar-refractivity contribution >= 4 is 17.6 Å². The van der Waals surface area contributed by atoms with Gasteiger partial charge in [0.1, 0.15) is 0 Å². The van der Waals surface area contributed by atoms with E-state index < -0.39 is 0 Å². The Morgan fingerprint density at radius 3 is 2.48 bits per heavy atom. The number of hydrogen-bond acceptors (Lipinski definition) is 3. The van der Waals surface area contributed by atoms with Crippen LogP contribution in [0.25, 0.3) is 0 Å². The van der Waals surface area contributed by atoms with Crippen molar-refractivity contribution in [1.82, 2.24) is 0 Å². The molecule has 2 aromatic carbocycles. The maximum Gasteiger partial charge on any atom is 0.344 e. The van der Waals surface area contributed by atoms with Gasteiger partial charge in [-0.15, -0.1) is 0 Å². The SMILES string of the molecule is CCCC(=Nc1ccccc1)OC(=O)c1cccc(CCC)c1. The van der Waals surface area contributed by atoms with E-state index in [9.17, 15) is 4.79 Å². The van der Waals surface area contributed by atoms with E-state index in [2.05, 4.69) is 11.9 Å². The zero-order valence-corrected chi connectivity index (χ0v) is 13.8. The second kappa shape index (κ2) is 8.89. The molecule has 0 N–H and O–H groups in total. The molecule has 0 bridgehead atoms. The molecule has 2 aromatic rings. The van der Waals surface area contributed by atoms with Crippen molar-refractivity contribution in [3.05, 3.63) is 65.7 Å². The van der Waals surface area contributed by atoms with Gasteiger partial charge >= 0.3 is 5.97 Å². The van der Waals surface area contributed by atoms with Crippen LogP contribution in [0, 0.1) is 0 Å². The molecule has 23 heavy (non-hydrogen) atoms. The highest BCUT2D eigenvalue weighted by Gasteiger charge is 2.12. The molecule has 0 radical (unpaired) electrons. The number of rotatable bonds is 6. The van der Waals surface area contributed by atoms with Gasteiger partial charge in [-0.2, -0.15) is 0 Å². The lowest BCUT2D eigenvalue weighted by Crippen LogP contribution is -2.12. The molecule has 0 unspecified atom stereocenters. The summed E-state index contributed by atoms with van der Waals surface area (Å²) in [5.41, 5.74) is 2.52. The Morgan fingerprint density at radius 1 is 1.00 bits per heavy atom. The normalized spacial score (nSPS) is 11.3. The lowest BCUT2D eigenvalue weighted by atomic mass is 10.1. The van der Waals surface area contributed by atoms with Crippen molar-refractivity contribution in [3.8, 4) is 0 Å². The summed E-state index contributed by atoms with van der Waals surface area (Å²) in [5, 5.41) is 0. The molecular weight excluding hydrogens is 286 g/mol. The topological polar surface area (TPSA) is 38.7 Å². The molecule has 0 aliphatic carbocycles. The third kappa shape index (κ3) is 5.37. The molecule has 3 nitrogen and oxygen atoms in total. The third-order valence-electron chi connectivity index (χ3n) is 3.39. The predicted octanol–water partition coefficient (Wildman–Crippen LogP) is 5.33. The smallest absolute Gasteiger partial charge is 0.344 e. The van der Waals surface area contributed by atoms with Gasteiger partial charge in [0.05, 0.1) is 11.3 Å². The monoisotopic (exact) mass is 309 g/mol. The zero-order valence-electron chi connectivity index (χ0n) is 13.8.